The third kappa shape index (κ3) is 1.77. The molecule has 0 saturated heterocycles. The van der Waals surface area contributed by atoms with Crippen molar-refractivity contribution in [1.29, 1.82) is 0 Å². The summed E-state index contributed by atoms with van der Waals surface area (Å²) >= 11 is 6.33. The lowest BCUT2D eigenvalue weighted by atomic mass is 9.88. The van der Waals surface area contributed by atoms with Crippen LogP contribution < -0.4 is 15.2 Å². The van der Waals surface area contributed by atoms with Crippen LogP contribution >= 0.6 is 11.6 Å². The molecule has 1 aliphatic carbocycles. The number of rotatable bonds is 4. The molecule has 2 rings (SSSR count). The average Bonchev–Trinajstić information content (AvgIpc) is 3.15. The maximum atomic E-state index is 6.33. The number of ether oxygens (including phenoxy) is 2. The highest BCUT2D eigenvalue weighted by Gasteiger charge is 2.47. The van der Waals surface area contributed by atoms with Crippen LogP contribution in [0.3, 0.4) is 0 Å². The van der Waals surface area contributed by atoms with Crippen molar-refractivity contribution < 1.29 is 9.47 Å². The summed E-state index contributed by atoms with van der Waals surface area (Å²) in [6, 6.07) is 0. The molecule has 3 nitrogen and oxygen atoms in total. The van der Waals surface area contributed by atoms with Crippen LogP contribution in [0.2, 0.25) is 5.02 Å². The molecule has 4 heteroatoms. The molecule has 0 atom stereocenters. The molecule has 1 saturated carbocycles. The van der Waals surface area contributed by atoms with Gasteiger partial charge in [0.25, 0.3) is 0 Å². The second-order valence-corrected chi connectivity index (χ2v) is 5.37. The van der Waals surface area contributed by atoms with Crippen LogP contribution in [0.4, 0.5) is 0 Å². The van der Waals surface area contributed by atoms with Crippen molar-refractivity contribution in [3.05, 3.63) is 21.7 Å². The standard InChI is InChI=1S/C14H20ClNO2/c1-8-10(14(7-16)5-6-14)12(17-3)9(2)11(15)13(8)18-4/h5-7,16H2,1-4H3. The summed E-state index contributed by atoms with van der Waals surface area (Å²) in [6.07, 6.45) is 2.20. The van der Waals surface area contributed by atoms with Crippen LogP contribution in [0, 0.1) is 13.8 Å². The van der Waals surface area contributed by atoms with E-state index in [1.165, 1.54) is 5.56 Å². The molecule has 0 radical (unpaired) electrons. The Bertz CT molecular complexity index is 481. The number of methoxy groups -OCH3 is 2. The van der Waals surface area contributed by atoms with E-state index in [0.717, 1.165) is 35.5 Å². The van der Waals surface area contributed by atoms with Gasteiger partial charge in [0.05, 0.1) is 19.2 Å². The summed E-state index contributed by atoms with van der Waals surface area (Å²) in [5.41, 5.74) is 9.15. The first-order valence-corrected chi connectivity index (χ1v) is 6.51. The fraction of sp³-hybridized carbons (Fsp3) is 0.571. The second-order valence-electron chi connectivity index (χ2n) is 4.99. The van der Waals surface area contributed by atoms with E-state index in [2.05, 4.69) is 0 Å². The van der Waals surface area contributed by atoms with Crippen molar-refractivity contribution in [2.45, 2.75) is 32.1 Å². The first-order chi connectivity index (χ1) is 8.52. The first kappa shape index (κ1) is 13.5. The number of benzene rings is 1. The largest absolute Gasteiger partial charge is 0.496 e. The molecule has 1 fully saturated rings. The van der Waals surface area contributed by atoms with Crippen LogP contribution in [-0.4, -0.2) is 20.8 Å². The first-order valence-electron chi connectivity index (χ1n) is 6.13. The zero-order valence-electron chi connectivity index (χ0n) is 11.4. The molecule has 0 bridgehead atoms. The smallest absolute Gasteiger partial charge is 0.141 e. The Morgan fingerprint density at radius 1 is 1.11 bits per heavy atom. The lowest BCUT2D eigenvalue weighted by molar-refractivity contribution is 0.388. The molecule has 0 aliphatic heterocycles. The Hall–Kier alpha value is -0.930. The Kier molecular flexibility index (Phi) is 3.47. The lowest BCUT2D eigenvalue weighted by Gasteiger charge is -2.24. The maximum absolute atomic E-state index is 6.33. The van der Waals surface area contributed by atoms with Gasteiger partial charge in [-0.05, 0) is 26.7 Å². The van der Waals surface area contributed by atoms with Crippen LogP contribution in [0.1, 0.15) is 29.5 Å². The van der Waals surface area contributed by atoms with Gasteiger partial charge < -0.3 is 15.2 Å². The predicted molar refractivity (Wildman–Crippen MR) is 74.0 cm³/mol. The summed E-state index contributed by atoms with van der Waals surface area (Å²) in [7, 11) is 3.33. The lowest BCUT2D eigenvalue weighted by Crippen LogP contribution is -2.22. The van der Waals surface area contributed by atoms with Crippen molar-refractivity contribution in [2.75, 3.05) is 20.8 Å². The molecule has 0 spiro atoms. The van der Waals surface area contributed by atoms with Gasteiger partial charge in [0.1, 0.15) is 11.5 Å². The van der Waals surface area contributed by atoms with Crippen LogP contribution in [0.25, 0.3) is 0 Å². The van der Waals surface area contributed by atoms with E-state index in [1.807, 2.05) is 13.8 Å². The molecule has 1 aromatic rings. The summed E-state index contributed by atoms with van der Waals surface area (Å²) in [6.45, 7) is 4.62. The fourth-order valence-electron chi connectivity index (χ4n) is 2.75. The molecular formula is C14H20ClNO2. The van der Waals surface area contributed by atoms with Gasteiger partial charge in [0.2, 0.25) is 0 Å². The molecule has 1 aromatic carbocycles. The Morgan fingerprint density at radius 2 is 1.67 bits per heavy atom. The van der Waals surface area contributed by atoms with Crippen LogP contribution in [-0.2, 0) is 5.41 Å². The van der Waals surface area contributed by atoms with E-state index in [9.17, 15) is 0 Å². The summed E-state index contributed by atoms with van der Waals surface area (Å²) < 4.78 is 11.0. The van der Waals surface area contributed by atoms with Crippen molar-refractivity contribution >= 4 is 11.6 Å². The molecule has 18 heavy (non-hydrogen) atoms. The van der Waals surface area contributed by atoms with Gasteiger partial charge in [0.15, 0.2) is 0 Å². The van der Waals surface area contributed by atoms with E-state index in [4.69, 9.17) is 26.8 Å². The molecule has 2 N–H and O–H groups in total. The maximum Gasteiger partial charge on any atom is 0.141 e. The van der Waals surface area contributed by atoms with Gasteiger partial charge in [-0.15, -0.1) is 0 Å². The summed E-state index contributed by atoms with van der Waals surface area (Å²) in [4.78, 5) is 0. The Morgan fingerprint density at radius 3 is 2.06 bits per heavy atom. The number of halogens is 1. The van der Waals surface area contributed by atoms with E-state index < -0.39 is 0 Å². The fourth-order valence-corrected chi connectivity index (χ4v) is 3.05. The monoisotopic (exact) mass is 269 g/mol. The highest BCUT2D eigenvalue weighted by molar-refractivity contribution is 6.33. The molecule has 0 amide bonds. The van der Waals surface area contributed by atoms with Gasteiger partial charge in [-0.3, -0.25) is 0 Å². The number of hydrogen-bond acceptors (Lipinski definition) is 3. The minimum Gasteiger partial charge on any atom is -0.496 e. The van der Waals surface area contributed by atoms with E-state index in [1.54, 1.807) is 14.2 Å². The summed E-state index contributed by atoms with van der Waals surface area (Å²) in [5.74, 6) is 1.60. The zero-order chi connectivity index (χ0) is 13.5. The normalized spacial score (nSPS) is 16.6. The highest BCUT2D eigenvalue weighted by Crippen LogP contribution is 2.55. The third-order valence-corrected chi connectivity index (χ3v) is 4.45. The van der Waals surface area contributed by atoms with Gasteiger partial charge >= 0.3 is 0 Å². The molecule has 1 aliphatic rings. The van der Waals surface area contributed by atoms with E-state index >= 15 is 0 Å². The van der Waals surface area contributed by atoms with Crippen LogP contribution in [0.5, 0.6) is 11.5 Å². The molecule has 100 valence electrons. The van der Waals surface area contributed by atoms with E-state index in [-0.39, 0.29) is 5.41 Å². The molecule has 0 aromatic heterocycles. The van der Waals surface area contributed by atoms with E-state index in [0.29, 0.717) is 11.6 Å². The minimum atomic E-state index is 0.0536. The Balaban J connectivity index is 2.74. The van der Waals surface area contributed by atoms with Crippen molar-refractivity contribution in [3.63, 3.8) is 0 Å². The topological polar surface area (TPSA) is 44.5 Å². The second kappa shape index (κ2) is 4.63. The van der Waals surface area contributed by atoms with Crippen molar-refractivity contribution in [3.8, 4) is 11.5 Å². The highest BCUT2D eigenvalue weighted by atomic mass is 35.5. The zero-order valence-corrected chi connectivity index (χ0v) is 12.1. The SMILES string of the molecule is COc1c(C)c(C2(CN)CC2)c(OC)c(C)c1Cl. The molecule has 0 unspecified atom stereocenters. The van der Waals surface area contributed by atoms with Crippen molar-refractivity contribution in [2.24, 2.45) is 5.73 Å². The van der Waals surface area contributed by atoms with Gasteiger partial charge in [0, 0.05) is 28.7 Å². The Labute approximate surface area is 113 Å². The number of hydrogen-bond donors (Lipinski definition) is 1. The van der Waals surface area contributed by atoms with Gasteiger partial charge in [-0.25, -0.2) is 0 Å². The molecule has 0 heterocycles. The summed E-state index contributed by atoms with van der Waals surface area (Å²) in [5, 5.41) is 0.628. The van der Waals surface area contributed by atoms with Gasteiger partial charge in [-0.1, -0.05) is 11.6 Å². The average molecular weight is 270 g/mol. The van der Waals surface area contributed by atoms with Crippen molar-refractivity contribution in [1.82, 2.24) is 0 Å². The quantitative estimate of drug-likeness (QED) is 0.914. The number of nitrogens with two attached hydrogens (primary N) is 1. The molecular weight excluding hydrogens is 250 g/mol. The minimum absolute atomic E-state index is 0.0536. The predicted octanol–water partition coefficient (Wildman–Crippen LogP) is 2.96. The van der Waals surface area contributed by atoms with Crippen LogP contribution in [0.15, 0.2) is 0 Å². The van der Waals surface area contributed by atoms with Gasteiger partial charge in [-0.2, -0.15) is 0 Å². The third-order valence-electron chi connectivity index (χ3n) is 3.99.